The van der Waals surface area contributed by atoms with Crippen molar-refractivity contribution in [3.63, 3.8) is 0 Å². The van der Waals surface area contributed by atoms with Crippen LogP contribution in [0, 0.1) is 5.92 Å². The zero-order valence-corrected chi connectivity index (χ0v) is 12.3. The topological polar surface area (TPSA) is 84.2 Å². The van der Waals surface area contributed by atoms with Gasteiger partial charge in [0.15, 0.2) is 0 Å². The van der Waals surface area contributed by atoms with Gasteiger partial charge < -0.3 is 16.4 Å². The Morgan fingerprint density at radius 3 is 2.06 bits per heavy atom. The average Bonchev–Trinajstić information content (AvgIpc) is 2.28. The van der Waals surface area contributed by atoms with Gasteiger partial charge in [-0.05, 0) is 12.8 Å². The number of rotatable bonds is 8. The molecule has 2 amide bonds. The molecule has 6 heteroatoms. The third-order valence-electron chi connectivity index (χ3n) is 2.41. The lowest BCUT2D eigenvalue weighted by Crippen LogP contribution is -2.41. The highest BCUT2D eigenvalue weighted by Gasteiger charge is 2.11. The summed E-state index contributed by atoms with van der Waals surface area (Å²) in [6.45, 7) is 6.82. The van der Waals surface area contributed by atoms with Crippen molar-refractivity contribution in [3.8, 4) is 0 Å². The van der Waals surface area contributed by atoms with Crippen LogP contribution in [0.2, 0.25) is 0 Å². The summed E-state index contributed by atoms with van der Waals surface area (Å²) >= 11 is 0. The minimum absolute atomic E-state index is 0. The number of nitrogens with two attached hydrogens (primary N) is 1. The maximum atomic E-state index is 11.4. The summed E-state index contributed by atoms with van der Waals surface area (Å²) in [6.07, 6.45) is 2.33. The van der Waals surface area contributed by atoms with Gasteiger partial charge in [-0.15, -0.1) is 12.4 Å². The van der Waals surface area contributed by atoms with E-state index in [2.05, 4.69) is 10.6 Å². The van der Waals surface area contributed by atoms with Gasteiger partial charge in [-0.1, -0.05) is 27.2 Å². The number of hydrogen-bond donors (Lipinski definition) is 3. The lowest BCUT2D eigenvalue weighted by Gasteiger charge is -2.11. The van der Waals surface area contributed by atoms with Crippen molar-refractivity contribution in [2.75, 3.05) is 13.1 Å². The van der Waals surface area contributed by atoms with Gasteiger partial charge in [0.05, 0.1) is 6.04 Å². The number of nitrogens with one attached hydrogen (secondary N) is 2. The van der Waals surface area contributed by atoms with Crippen molar-refractivity contribution < 1.29 is 9.59 Å². The smallest absolute Gasteiger partial charge is 0.236 e. The van der Waals surface area contributed by atoms with Gasteiger partial charge in [-0.2, -0.15) is 0 Å². The Kier molecular flexibility index (Phi) is 12.2. The first-order valence-electron chi connectivity index (χ1n) is 6.30. The maximum Gasteiger partial charge on any atom is 0.236 e. The van der Waals surface area contributed by atoms with E-state index in [0.29, 0.717) is 19.5 Å². The van der Waals surface area contributed by atoms with Gasteiger partial charge in [0.1, 0.15) is 0 Å². The fourth-order valence-corrected chi connectivity index (χ4v) is 1.29. The van der Waals surface area contributed by atoms with Gasteiger partial charge in [-0.25, -0.2) is 0 Å². The second-order valence-corrected chi connectivity index (χ2v) is 4.49. The number of hydrogen-bond acceptors (Lipinski definition) is 3. The normalized spacial score (nSPS) is 11.6. The van der Waals surface area contributed by atoms with Gasteiger partial charge in [-0.3, -0.25) is 9.59 Å². The van der Waals surface area contributed by atoms with Crippen LogP contribution in [-0.4, -0.2) is 30.9 Å². The Balaban J connectivity index is 0. The van der Waals surface area contributed by atoms with Gasteiger partial charge >= 0.3 is 0 Å². The Labute approximate surface area is 116 Å². The van der Waals surface area contributed by atoms with Crippen LogP contribution in [0.25, 0.3) is 0 Å². The summed E-state index contributed by atoms with van der Waals surface area (Å²) < 4.78 is 0. The molecule has 5 nitrogen and oxygen atoms in total. The third kappa shape index (κ3) is 9.24. The van der Waals surface area contributed by atoms with Crippen LogP contribution in [-0.2, 0) is 9.59 Å². The van der Waals surface area contributed by atoms with Gasteiger partial charge in [0.2, 0.25) is 11.8 Å². The summed E-state index contributed by atoms with van der Waals surface area (Å²) in [5.41, 5.74) is 5.65. The summed E-state index contributed by atoms with van der Waals surface area (Å²) in [5, 5.41) is 5.54. The first kappa shape index (κ1) is 19.5. The molecule has 1 atom stereocenters. The zero-order chi connectivity index (χ0) is 13.3. The van der Waals surface area contributed by atoms with E-state index in [1.807, 2.05) is 20.8 Å². The van der Waals surface area contributed by atoms with Crippen molar-refractivity contribution in [3.05, 3.63) is 0 Å². The largest absolute Gasteiger partial charge is 0.356 e. The fraction of sp³-hybridized carbons (Fsp3) is 0.833. The van der Waals surface area contributed by atoms with Crippen LogP contribution in [0.15, 0.2) is 0 Å². The fourth-order valence-electron chi connectivity index (χ4n) is 1.29. The number of amides is 2. The summed E-state index contributed by atoms with van der Waals surface area (Å²) in [7, 11) is 0. The second kappa shape index (κ2) is 11.3. The number of carbonyl (C=O) groups is 2. The summed E-state index contributed by atoms with van der Waals surface area (Å²) in [5.74, 6) is -0.0661. The monoisotopic (exact) mass is 279 g/mol. The van der Waals surface area contributed by atoms with Crippen molar-refractivity contribution in [2.24, 2.45) is 11.7 Å². The van der Waals surface area contributed by atoms with E-state index in [1.165, 1.54) is 0 Å². The highest BCUT2D eigenvalue weighted by molar-refractivity contribution is 5.85. The van der Waals surface area contributed by atoms with Crippen LogP contribution >= 0.6 is 12.4 Å². The molecule has 0 bridgehead atoms. The molecule has 108 valence electrons. The van der Waals surface area contributed by atoms with E-state index in [-0.39, 0.29) is 30.1 Å². The molecule has 0 aromatic carbocycles. The van der Waals surface area contributed by atoms with Crippen LogP contribution in [0.1, 0.15) is 40.0 Å². The molecular formula is C12H26ClN3O2. The van der Waals surface area contributed by atoms with Crippen molar-refractivity contribution in [1.29, 1.82) is 0 Å². The highest BCUT2D eigenvalue weighted by Crippen LogP contribution is 1.93. The van der Waals surface area contributed by atoms with E-state index in [1.54, 1.807) is 0 Å². The highest BCUT2D eigenvalue weighted by atomic mass is 35.5. The van der Waals surface area contributed by atoms with E-state index in [0.717, 1.165) is 12.8 Å². The molecule has 0 fully saturated rings. The molecule has 0 saturated carbocycles. The molecule has 0 aliphatic rings. The molecule has 0 aliphatic heterocycles. The van der Waals surface area contributed by atoms with Crippen LogP contribution < -0.4 is 16.4 Å². The lowest BCUT2D eigenvalue weighted by atomic mass is 10.1. The van der Waals surface area contributed by atoms with Gasteiger partial charge in [0, 0.05) is 19.0 Å². The van der Waals surface area contributed by atoms with E-state index < -0.39 is 6.04 Å². The predicted octanol–water partition coefficient (Wildman–Crippen LogP) is 0.814. The molecule has 0 spiro atoms. The quantitative estimate of drug-likeness (QED) is 0.575. The molecule has 0 rings (SSSR count). The summed E-state index contributed by atoms with van der Waals surface area (Å²) in [6, 6.07) is -0.412. The van der Waals surface area contributed by atoms with E-state index in [9.17, 15) is 9.59 Å². The third-order valence-corrected chi connectivity index (χ3v) is 2.41. The Hall–Kier alpha value is -0.810. The minimum atomic E-state index is -0.412. The first-order valence-corrected chi connectivity index (χ1v) is 6.30. The van der Waals surface area contributed by atoms with Gasteiger partial charge in [0.25, 0.3) is 0 Å². The van der Waals surface area contributed by atoms with Crippen molar-refractivity contribution in [2.45, 2.75) is 46.1 Å². The Bertz CT molecular complexity index is 247. The first-order chi connectivity index (χ1) is 7.99. The molecule has 0 radical (unpaired) electrons. The summed E-state index contributed by atoms with van der Waals surface area (Å²) in [4.78, 5) is 22.6. The molecular weight excluding hydrogens is 254 g/mol. The predicted molar refractivity (Wildman–Crippen MR) is 75.6 cm³/mol. The van der Waals surface area contributed by atoms with Crippen molar-refractivity contribution in [1.82, 2.24) is 10.6 Å². The van der Waals surface area contributed by atoms with E-state index in [4.69, 9.17) is 5.73 Å². The number of carbonyl (C=O) groups excluding carboxylic acids is 2. The molecule has 1 unspecified atom stereocenters. The minimum Gasteiger partial charge on any atom is -0.356 e. The lowest BCUT2D eigenvalue weighted by molar-refractivity contribution is -0.124. The maximum absolute atomic E-state index is 11.4. The van der Waals surface area contributed by atoms with Crippen LogP contribution in [0.5, 0.6) is 0 Å². The van der Waals surface area contributed by atoms with Crippen LogP contribution in [0.3, 0.4) is 0 Å². The van der Waals surface area contributed by atoms with Crippen LogP contribution in [0.4, 0.5) is 0 Å². The molecule has 0 aromatic heterocycles. The SMILES string of the molecule is CCCC(N)C(=O)NCCCNC(=O)C(C)C.Cl. The molecule has 0 saturated heterocycles. The van der Waals surface area contributed by atoms with E-state index >= 15 is 0 Å². The molecule has 4 N–H and O–H groups in total. The molecule has 18 heavy (non-hydrogen) atoms. The standard InChI is InChI=1S/C12H25N3O2.ClH/c1-4-6-10(13)12(17)15-8-5-7-14-11(16)9(2)3;/h9-10H,4-8,13H2,1-3H3,(H,14,16)(H,15,17);1H. The van der Waals surface area contributed by atoms with Crippen molar-refractivity contribution >= 4 is 24.2 Å². The zero-order valence-electron chi connectivity index (χ0n) is 11.5. The molecule has 0 aliphatic carbocycles. The molecule has 0 heterocycles. The molecule has 0 aromatic rings. The second-order valence-electron chi connectivity index (χ2n) is 4.49. The average molecular weight is 280 g/mol. The Morgan fingerprint density at radius 1 is 1.11 bits per heavy atom. The number of halogens is 1. The Morgan fingerprint density at radius 2 is 1.61 bits per heavy atom.